The second-order valence-corrected chi connectivity index (χ2v) is 7.15. The van der Waals surface area contributed by atoms with Crippen molar-refractivity contribution in [1.82, 2.24) is 14.8 Å². The average molecular weight is 363 g/mol. The molecule has 1 aromatic heterocycles. The molecule has 0 atom stereocenters. The van der Waals surface area contributed by atoms with Crippen LogP contribution in [0, 0.1) is 11.7 Å². The molecule has 5 heteroatoms. The Morgan fingerprint density at radius 2 is 1.67 bits per heavy atom. The van der Waals surface area contributed by atoms with Gasteiger partial charge in [0.15, 0.2) is 0 Å². The number of halogens is 1. The molecule has 0 spiro atoms. The van der Waals surface area contributed by atoms with Crippen molar-refractivity contribution in [2.45, 2.75) is 38.6 Å². The van der Waals surface area contributed by atoms with Gasteiger partial charge in [-0.15, -0.1) is 0 Å². The minimum absolute atomic E-state index is 0.361. The molecule has 3 aromatic rings. The Kier molecular flexibility index (Phi) is 5.10. The fraction of sp³-hybridized carbons (Fsp3) is 0.318. The number of aromatic nitrogens is 3. The van der Waals surface area contributed by atoms with Gasteiger partial charge >= 0.3 is 5.69 Å². The molecule has 0 radical (unpaired) electrons. The first-order chi connectivity index (χ1) is 13.2. The second-order valence-electron chi connectivity index (χ2n) is 7.15. The average Bonchev–Trinajstić information content (AvgIpc) is 2.71. The van der Waals surface area contributed by atoms with Crippen molar-refractivity contribution < 1.29 is 4.39 Å². The zero-order valence-electron chi connectivity index (χ0n) is 15.1. The largest absolute Gasteiger partial charge is 0.364 e. The lowest BCUT2D eigenvalue weighted by molar-refractivity contribution is 0.301. The highest BCUT2D eigenvalue weighted by molar-refractivity contribution is 5.77. The van der Waals surface area contributed by atoms with Crippen LogP contribution in [-0.4, -0.2) is 14.8 Å². The van der Waals surface area contributed by atoms with Gasteiger partial charge < -0.3 is 0 Å². The van der Waals surface area contributed by atoms with Crippen LogP contribution in [0.25, 0.3) is 22.5 Å². The third-order valence-electron chi connectivity index (χ3n) is 5.17. The Balaban J connectivity index is 1.81. The summed E-state index contributed by atoms with van der Waals surface area (Å²) >= 11 is 0. The lowest BCUT2D eigenvalue weighted by atomic mass is 9.89. The molecular formula is C22H22FN3O. The maximum atomic E-state index is 13.7. The van der Waals surface area contributed by atoms with Gasteiger partial charge in [0.1, 0.15) is 17.2 Å². The molecule has 4 rings (SSSR count). The van der Waals surface area contributed by atoms with E-state index in [9.17, 15) is 9.18 Å². The van der Waals surface area contributed by atoms with E-state index in [1.807, 2.05) is 30.3 Å². The summed E-state index contributed by atoms with van der Waals surface area (Å²) < 4.78 is 15.2. The van der Waals surface area contributed by atoms with E-state index in [1.54, 1.807) is 12.1 Å². The minimum atomic E-state index is -0.375. The molecule has 27 heavy (non-hydrogen) atoms. The van der Waals surface area contributed by atoms with E-state index in [-0.39, 0.29) is 11.5 Å². The quantitative estimate of drug-likeness (QED) is 0.675. The predicted octanol–water partition coefficient (Wildman–Crippen LogP) is 4.69. The SMILES string of the molecule is O=c1nc(-c2cccc(F)c2)c(-c2ccccc2)nn1CC1CCCCC1. The number of benzene rings is 2. The van der Waals surface area contributed by atoms with Gasteiger partial charge in [0.25, 0.3) is 0 Å². The maximum Gasteiger partial charge on any atom is 0.364 e. The summed E-state index contributed by atoms with van der Waals surface area (Å²) in [4.78, 5) is 17.0. The maximum absolute atomic E-state index is 13.7. The molecule has 1 heterocycles. The molecular weight excluding hydrogens is 341 g/mol. The summed E-state index contributed by atoms with van der Waals surface area (Å²) in [7, 11) is 0. The van der Waals surface area contributed by atoms with Gasteiger partial charge in [-0.25, -0.2) is 13.9 Å². The van der Waals surface area contributed by atoms with E-state index in [0.29, 0.717) is 29.4 Å². The van der Waals surface area contributed by atoms with E-state index in [0.717, 1.165) is 18.4 Å². The monoisotopic (exact) mass is 363 g/mol. The van der Waals surface area contributed by atoms with E-state index in [4.69, 9.17) is 0 Å². The van der Waals surface area contributed by atoms with Gasteiger partial charge in [-0.1, -0.05) is 61.7 Å². The van der Waals surface area contributed by atoms with Gasteiger partial charge in [0, 0.05) is 17.7 Å². The Morgan fingerprint density at radius 1 is 0.926 bits per heavy atom. The first-order valence-corrected chi connectivity index (χ1v) is 9.51. The number of hydrogen-bond acceptors (Lipinski definition) is 3. The number of hydrogen-bond donors (Lipinski definition) is 0. The zero-order valence-corrected chi connectivity index (χ0v) is 15.1. The van der Waals surface area contributed by atoms with Crippen molar-refractivity contribution in [3.63, 3.8) is 0 Å². The van der Waals surface area contributed by atoms with Crippen molar-refractivity contribution in [1.29, 1.82) is 0 Å². The zero-order chi connectivity index (χ0) is 18.6. The van der Waals surface area contributed by atoms with Crippen molar-refractivity contribution in [2.24, 2.45) is 5.92 Å². The fourth-order valence-electron chi connectivity index (χ4n) is 3.78. The molecule has 1 fully saturated rings. The van der Waals surface area contributed by atoms with Gasteiger partial charge in [-0.2, -0.15) is 10.1 Å². The van der Waals surface area contributed by atoms with Crippen molar-refractivity contribution >= 4 is 0 Å². The molecule has 0 aliphatic heterocycles. The normalized spacial score (nSPS) is 15.0. The number of rotatable bonds is 4. The Morgan fingerprint density at radius 3 is 2.41 bits per heavy atom. The third kappa shape index (κ3) is 3.97. The molecule has 1 aliphatic rings. The first kappa shape index (κ1) is 17.6. The van der Waals surface area contributed by atoms with Gasteiger partial charge in [0.05, 0.1) is 0 Å². The standard InChI is InChI=1S/C22H22FN3O/c23-19-13-7-12-18(14-19)20-21(17-10-5-2-6-11-17)25-26(22(27)24-20)15-16-8-3-1-4-9-16/h2,5-7,10-14,16H,1,3-4,8-9,15H2. The Labute approximate surface area is 157 Å². The van der Waals surface area contributed by atoms with Crippen LogP contribution in [-0.2, 0) is 6.54 Å². The molecule has 0 amide bonds. The predicted molar refractivity (Wildman–Crippen MR) is 104 cm³/mol. The van der Waals surface area contributed by atoms with Crippen LogP contribution in [0.3, 0.4) is 0 Å². The van der Waals surface area contributed by atoms with Crippen LogP contribution in [0.1, 0.15) is 32.1 Å². The van der Waals surface area contributed by atoms with Gasteiger partial charge in [0.2, 0.25) is 0 Å². The molecule has 1 aliphatic carbocycles. The Bertz CT molecular complexity index is 978. The Hall–Kier alpha value is -2.82. The van der Waals surface area contributed by atoms with Crippen molar-refractivity contribution in [2.75, 3.05) is 0 Å². The summed E-state index contributed by atoms with van der Waals surface area (Å²) in [5, 5.41) is 4.66. The van der Waals surface area contributed by atoms with Crippen LogP contribution < -0.4 is 5.69 Å². The molecule has 2 aromatic carbocycles. The smallest absolute Gasteiger partial charge is 0.244 e. The summed E-state index contributed by atoms with van der Waals surface area (Å²) in [5.41, 5.74) is 2.08. The van der Waals surface area contributed by atoms with Crippen LogP contribution in [0.15, 0.2) is 59.4 Å². The lowest BCUT2D eigenvalue weighted by Crippen LogP contribution is -2.30. The highest BCUT2D eigenvalue weighted by Crippen LogP contribution is 2.29. The summed E-state index contributed by atoms with van der Waals surface area (Å²) in [6, 6.07) is 15.8. The summed E-state index contributed by atoms with van der Waals surface area (Å²) in [5.74, 6) is 0.106. The molecule has 0 N–H and O–H groups in total. The third-order valence-corrected chi connectivity index (χ3v) is 5.17. The van der Waals surface area contributed by atoms with Crippen LogP contribution in [0.4, 0.5) is 4.39 Å². The van der Waals surface area contributed by atoms with Crippen molar-refractivity contribution in [3.05, 3.63) is 70.9 Å². The van der Waals surface area contributed by atoms with E-state index in [1.165, 1.54) is 36.1 Å². The first-order valence-electron chi connectivity index (χ1n) is 9.51. The number of nitrogens with zero attached hydrogens (tertiary/aromatic N) is 3. The molecule has 138 valence electrons. The molecule has 0 bridgehead atoms. The summed E-state index contributed by atoms with van der Waals surface area (Å²) in [6.07, 6.45) is 5.94. The molecule has 1 saturated carbocycles. The summed E-state index contributed by atoms with van der Waals surface area (Å²) in [6.45, 7) is 0.592. The molecule has 0 unspecified atom stereocenters. The topological polar surface area (TPSA) is 47.8 Å². The van der Waals surface area contributed by atoms with Crippen molar-refractivity contribution in [3.8, 4) is 22.5 Å². The fourth-order valence-corrected chi connectivity index (χ4v) is 3.78. The highest BCUT2D eigenvalue weighted by Gasteiger charge is 2.19. The van der Waals surface area contributed by atoms with Gasteiger partial charge in [-0.3, -0.25) is 0 Å². The minimum Gasteiger partial charge on any atom is -0.244 e. The van der Waals surface area contributed by atoms with E-state index >= 15 is 0 Å². The molecule has 4 nitrogen and oxygen atoms in total. The van der Waals surface area contributed by atoms with Crippen LogP contribution in [0.5, 0.6) is 0 Å². The van der Waals surface area contributed by atoms with Gasteiger partial charge in [-0.05, 0) is 30.9 Å². The van der Waals surface area contributed by atoms with E-state index in [2.05, 4.69) is 10.1 Å². The van der Waals surface area contributed by atoms with Crippen LogP contribution in [0.2, 0.25) is 0 Å². The second kappa shape index (κ2) is 7.82. The molecule has 0 saturated heterocycles. The van der Waals surface area contributed by atoms with Crippen LogP contribution >= 0.6 is 0 Å². The highest BCUT2D eigenvalue weighted by atomic mass is 19.1. The lowest BCUT2D eigenvalue weighted by Gasteiger charge is -2.22. The van der Waals surface area contributed by atoms with E-state index < -0.39 is 0 Å².